The maximum atomic E-state index is 10.3. The van der Waals surface area contributed by atoms with E-state index in [1.54, 1.807) is 12.5 Å². The van der Waals surface area contributed by atoms with Gasteiger partial charge in [0.05, 0.1) is 18.5 Å². The van der Waals surface area contributed by atoms with Crippen molar-refractivity contribution < 1.29 is 5.11 Å². The van der Waals surface area contributed by atoms with E-state index in [0.717, 1.165) is 24.3 Å². The Morgan fingerprint density at radius 3 is 2.68 bits per heavy atom. The fourth-order valence-corrected chi connectivity index (χ4v) is 2.30. The zero-order valence-electron chi connectivity index (χ0n) is 11.1. The van der Waals surface area contributed by atoms with Crippen LogP contribution in [0.3, 0.4) is 0 Å². The predicted molar refractivity (Wildman–Crippen MR) is 77.2 cm³/mol. The van der Waals surface area contributed by atoms with Gasteiger partial charge in [-0.3, -0.25) is 0 Å². The predicted octanol–water partition coefficient (Wildman–Crippen LogP) is 3.31. The van der Waals surface area contributed by atoms with E-state index in [1.807, 2.05) is 42.0 Å². The van der Waals surface area contributed by atoms with E-state index < -0.39 is 5.60 Å². The highest BCUT2D eigenvalue weighted by Gasteiger charge is 2.20. The molecule has 102 valence electrons. The minimum absolute atomic E-state index is 0.577. The van der Waals surface area contributed by atoms with Gasteiger partial charge in [-0.2, -0.15) is 0 Å². The van der Waals surface area contributed by atoms with Crippen molar-refractivity contribution in [2.24, 2.45) is 0 Å². The Labute approximate surface area is 118 Å². The average molecular weight is 279 g/mol. The number of benzene rings is 1. The summed E-state index contributed by atoms with van der Waals surface area (Å²) in [7, 11) is 0. The summed E-state index contributed by atoms with van der Waals surface area (Å²) in [5, 5.41) is 11.1. The number of hydrogen-bond donors (Lipinski definition) is 1. The minimum Gasteiger partial charge on any atom is -0.388 e. The number of aromatic nitrogens is 2. The van der Waals surface area contributed by atoms with Crippen LogP contribution in [0.15, 0.2) is 43.0 Å². The van der Waals surface area contributed by atoms with Crippen LogP contribution in [0.2, 0.25) is 5.02 Å². The summed E-state index contributed by atoms with van der Waals surface area (Å²) < 4.78 is 1.91. The minimum atomic E-state index is -0.701. The zero-order valence-corrected chi connectivity index (χ0v) is 11.8. The van der Waals surface area contributed by atoms with Crippen LogP contribution in [0, 0.1) is 0 Å². The van der Waals surface area contributed by atoms with Gasteiger partial charge in [0, 0.05) is 17.4 Å². The Morgan fingerprint density at radius 1 is 1.32 bits per heavy atom. The van der Waals surface area contributed by atoms with Crippen molar-refractivity contribution in [1.29, 1.82) is 0 Å². The molecule has 2 rings (SSSR count). The number of aryl methyl sites for hydroxylation is 1. The van der Waals surface area contributed by atoms with E-state index >= 15 is 0 Å². The number of rotatable bonds is 6. The van der Waals surface area contributed by atoms with E-state index in [9.17, 15) is 5.11 Å². The summed E-state index contributed by atoms with van der Waals surface area (Å²) in [6.07, 6.45) is 7.99. The topological polar surface area (TPSA) is 38.0 Å². The molecule has 0 aliphatic carbocycles. The summed E-state index contributed by atoms with van der Waals surface area (Å²) in [5.41, 5.74) is 0.551. The molecule has 0 amide bonds. The van der Waals surface area contributed by atoms with Crippen LogP contribution in [0.4, 0.5) is 0 Å². The lowest BCUT2D eigenvalue weighted by molar-refractivity contribution is 0.0312. The first kappa shape index (κ1) is 14.1. The maximum absolute atomic E-state index is 10.3. The first-order valence-electron chi connectivity index (χ1n) is 6.48. The zero-order chi connectivity index (χ0) is 13.7. The Balaban J connectivity index is 1.79. The summed E-state index contributed by atoms with van der Waals surface area (Å²) >= 11 is 5.85. The SMILES string of the molecule is CC(O)(CCCc1ccc(Cl)cc1)Cn1ccnc1. The highest BCUT2D eigenvalue weighted by molar-refractivity contribution is 6.30. The Bertz CT molecular complexity index is 491. The van der Waals surface area contributed by atoms with Crippen LogP contribution >= 0.6 is 11.6 Å². The molecule has 0 aliphatic rings. The molecule has 0 saturated carbocycles. The molecule has 0 aliphatic heterocycles. The Hall–Kier alpha value is -1.32. The Morgan fingerprint density at radius 2 is 2.05 bits per heavy atom. The molecule has 0 spiro atoms. The number of aliphatic hydroxyl groups is 1. The highest BCUT2D eigenvalue weighted by atomic mass is 35.5. The fourth-order valence-electron chi connectivity index (χ4n) is 2.18. The first-order chi connectivity index (χ1) is 9.05. The standard InChI is InChI=1S/C15H19ClN2O/c1-15(19,11-18-10-9-17-12-18)8-2-3-13-4-6-14(16)7-5-13/h4-7,9-10,12,19H,2-3,8,11H2,1H3. The number of imidazole rings is 1. The van der Waals surface area contributed by atoms with E-state index in [1.165, 1.54) is 5.56 Å². The van der Waals surface area contributed by atoms with Crippen LogP contribution in [0.5, 0.6) is 0 Å². The van der Waals surface area contributed by atoms with Crippen molar-refractivity contribution in [2.45, 2.75) is 38.3 Å². The third kappa shape index (κ3) is 4.69. The lowest BCUT2D eigenvalue weighted by Crippen LogP contribution is -2.30. The van der Waals surface area contributed by atoms with Crippen LogP contribution in [-0.4, -0.2) is 20.3 Å². The first-order valence-corrected chi connectivity index (χ1v) is 6.85. The van der Waals surface area contributed by atoms with Gasteiger partial charge in [0.25, 0.3) is 0 Å². The second-order valence-corrected chi connectivity index (χ2v) is 5.65. The van der Waals surface area contributed by atoms with E-state index in [0.29, 0.717) is 6.54 Å². The van der Waals surface area contributed by atoms with Gasteiger partial charge in [-0.05, 0) is 43.9 Å². The van der Waals surface area contributed by atoms with Crippen molar-refractivity contribution >= 4 is 11.6 Å². The second-order valence-electron chi connectivity index (χ2n) is 5.21. The molecule has 1 heterocycles. The van der Waals surface area contributed by atoms with Crippen molar-refractivity contribution in [1.82, 2.24) is 9.55 Å². The van der Waals surface area contributed by atoms with Gasteiger partial charge in [-0.25, -0.2) is 4.98 Å². The number of nitrogens with zero attached hydrogens (tertiary/aromatic N) is 2. The summed E-state index contributed by atoms with van der Waals surface area (Å²) in [5.74, 6) is 0. The van der Waals surface area contributed by atoms with Gasteiger partial charge in [-0.15, -0.1) is 0 Å². The van der Waals surface area contributed by atoms with Crippen LogP contribution in [0.1, 0.15) is 25.3 Å². The molecule has 1 atom stereocenters. The van der Waals surface area contributed by atoms with Crippen LogP contribution in [-0.2, 0) is 13.0 Å². The average Bonchev–Trinajstić information content (AvgIpc) is 2.83. The number of halogens is 1. The molecular formula is C15H19ClN2O. The summed E-state index contributed by atoms with van der Waals surface area (Å²) in [4.78, 5) is 3.98. The molecule has 0 bridgehead atoms. The number of hydrogen-bond acceptors (Lipinski definition) is 2. The fraction of sp³-hybridized carbons (Fsp3) is 0.400. The van der Waals surface area contributed by atoms with Gasteiger partial charge in [-0.1, -0.05) is 23.7 Å². The lowest BCUT2D eigenvalue weighted by atomic mass is 9.97. The van der Waals surface area contributed by atoms with E-state index in [2.05, 4.69) is 4.98 Å². The van der Waals surface area contributed by atoms with Gasteiger partial charge in [0.1, 0.15) is 0 Å². The molecule has 1 aromatic carbocycles. The van der Waals surface area contributed by atoms with Gasteiger partial charge in [0.15, 0.2) is 0 Å². The smallest absolute Gasteiger partial charge is 0.0946 e. The van der Waals surface area contributed by atoms with Gasteiger partial charge in [0.2, 0.25) is 0 Å². The molecule has 0 saturated heterocycles. The summed E-state index contributed by atoms with van der Waals surface area (Å²) in [6, 6.07) is 7.88. The van der Waals surface area contributed by atoms with E-state index in [4.69, 9.17) is 11.6 Å². The van der Waals surface area contributed by atoms with Crippen LogP contribution in [0.25, 0.3) is 0 Å². The largest absolute Gasteiger partial charge is 0.388 e. The van der Waals surface area contributed by atoms with Crippen LogP contribution < -0.4 is 0 Å². The normalized spacial score (nSPS) is 14.3. The van der Waals surface area contributed by atoms with E-state index in [-0.39, 0.29) is 0 Å². The van der Waals surface area contributed by atoms with Crippen molar-refractivity contribution in [3.63, 3.8) is 0 Å². The third-order valence-electron chi connectivity index (χ3n) is 3.18. The Kier molecular flexibility index (Phi) is 4.61. The van der Waals surface area contributed by atoms with Gasteiger partial charge < -0.3 is 9.67 Å². The van der Waals surface area contributed by atoms with Gasteiger partial charge >= 0.3 is 0 Å². The molecule has 19 heavy (non-hydrogen) atoms. The third-order valence-corrected chi connectivity index (χ3v) is 3.43. The molecule has 3 nitrogen and oxygen atoms in total. The monoisotopic (exact) mass is 278 g/mol. The molecular weight excluding hydrogens is 260 g/mol. The highest BCUT2D eigenvalue weighted by Crippen LogP contribution is 2.18. The molecule has 0 radical (unpaired) electrons. The molecule has 4 heteroatoms. The molecule has 1 aromatic heterocycles. The molecule has 1 N–H and O–H groups in total. The molecule has 1 unspecified atom stereocenters. The van der Waals surface area contributed by atoms with Crippen molar-refractivity contribution in [3.8, 4) is 0 Å². The maximum Gasteiger partial charge on any atom is 0.0946 e. The second kappa shape index (κ2) is 6.22. The molecule has 0 fully saturated rings. The molecule has 2 aromatic rings. The summed E-state index contributed by atoms with van der Waals surface area (Å²) in [6.45, 7) is 2.45. The quantitative estimate of drug-likeness (QED) is 0.880. The van der Waals surface area contributed by atoms with Crippen molar-refractivity contribution in [3.05, 3.63) is 53.6 Å². The van der Waals surface area contributed by atoms with Crippen molar-refractivity contribution in [2.75, 3.05) is 0 Å². The lowest BCUT2D eigenvalue weighted by Gasteiger charge is -2.23.